The summed E-state index contributed by atoms with van der Waals surface area (Å²) in [5, 5.41) is 3.23. The van der Waals surface area contributed by atoms with Crippen molar-refractivity contribution in [3.8, 4) is 5.75 Å². The molecule has 2 atom stereocenters. The van der Waals surface area contributed by atoms with Crippen LogP contribution in [0.1, 0.15) is 39.3 Å². The second-order valence-electron chi connectivity index (χ2n) is 5.73. The van der Waals surface area contributed by atoms with Crippen LogP contribution in [0.2, 0.25) is 0 Å². The van der Waals surface area contributed by atoms with E-state index >= 15 is 0 Å². The summed E-state index contributed by atoms with van der Waals surface area (Å²) in [4.78, 5) is 0. The van der Waals surface area contributed by atoms with Crippen molar-refractivity contribution in [1.29, 1.82) is 0 Å². The van der Waals surface area contributed by atoms with Crippen LogP contribution >= 0.6 is 0 Å². The molecule has 1 rings (SSSR count). The highest BCUT2D eigenvalue weighted by molar-refractivity contribution is 5.29. The molecule has 2 unspecified atom stereocenters. The molecule has 3 heteroatoms. The Bertz CT molecular complexity index is 360. The first kappa shape index (κ1) is 16.0. The average molecular weight is 264 g/mol. The van der Waals surface area contributed by atoms with Crippen molar-refractivity contribution >= 4 is 0 Å². The van der Waals surface area contributed by atoms with Crippen LogP contribution in [0.3, 0.4) is 0 Å². The molecule has 0 radical (unpaired) electrons. The van der Waals surface area contributed by atoms with Crippen molar-refractivity contribution in [3.63, 3.8) is 0 Å². The predicted octanol–water partition coefficient (Wildman–Crippen LogP) is 2.97. The van der Waals surface area contributed by atoms with Crippen LogP contribution in [0, 0.1) is 11.8 Å². The van der Waals surface area contributed by atoms with E-state index in [-0.39, 0.29) is 12.1 Å². The van der Waals surface area contributed by atoms with Crippen molar-refractivity contribution in [3.05, 3.63) is 29.8 Å². The lowest BCUT2D eigenvalue weighted by Gasteiger charge is -2.27. The van der Waals surface area contributed by atoms with Gasteiger partial charge in [-0.15, -0.1) is 0 Å². The van der Waals surface area contributed by atoms with Gasteiger partial charge in [-0.05, 0) is 57.0 Å². The van der Waals surface area contributed by atoms with Gasteiger partial charge in [0.1, 0.15) is 5.75 Å². The highest BCUT2D eigenvalue weighted by Crippen LogP contribution is 2.27. The molecule has 0 bridgehead atoms. The highest BCUT2D eigenvalue weighted by atomic mass is 16.5. The van der Waals surface area contributed by atoms with E-state index < -0.39 is 0 Å². The third-order valence-corrected chi connectivity index (χ3v) is 3.39. The van der Waals surface area contributed by atoms with Gasteiger partial charge >= 0.3 is 0 Å². The molecular formula is C16H28N2O. The maximum atomic E-state index is 6.40. The van der Waals surface area contributed by atoms with E-state index in [0.29, 0.717) is 11.8 Å². The fraction of sp³-hybridized carbons (Fsp3) is 0.625. The Morgan fingerprint density at radius 2 is 1.68 bits per heavy atom. The zero-order valence-electron chi connectivity index (χ0n) is 12.8. The molecule has 0 spiro atoms. The Morgan fingerprint density at radius 3 is 2.11 bits per heavy atom. The second-order valence-corrected chi connectivity index (χ2v) is 5.73. The van der Waals surface area contributed by atoms with Gasteiger partial charge in [0.25, 0.3) is 0 Å². The van der Waals surface area contributed by atoms with Crippen molar-refractivity contribution in [2.45, 2.75) is 39.8 Å². The fourth-order valence-electron chi connectivity index (χ4n) is 2.30. The van der Waals surface area contributed by atoms with E-state index in [1.165, 1.54) is 5.56 Å². The van der Waals surface area contributed by atoms with Crippen LogP contribution in [0.15, 0.2) is 24.3 Å². The lowest BCUT2D eigenvalue weighted by atomic mass is 9.85. The Hall–Kier alpha value is -1.06. The lowest BCUT2D eigenvalue weighted by molar-refractivity contribution is 0.242. The van der Waals surface area contributed by atoms with Gasteiger partial charge in [0, 0.05) is 6.04 Å². The molecule has 0 fully saturated rings. The van der Waals surface area contributed by atoms with Crippen LogP contribution in [0.5, 0.6) is 5.75 Å². The Kier molecular flexibility index (Phi) is 6.32. The fourth-order valence-corrected chi connectivity index (χ4v) is 2.30. The molecule has 1 aromatic carbocycles. The minimum atomic E-state index is 0.0561. The molecule has 0 amide bonds. The van der Waals surface area contributed by atoms with Gasteiger partial charge in [-0.25, -0.2) is 0 Å². The molecule has 3 N–H and O–H groups in total. The molecule has 19 heavy (non-hydrogen) atoms. The smallest absolute Gasteiger partial charge is 0.119 e. The number of nitrogens with one attached hydrogen (secondary N) is 1. The van der Waals surface area contributed by atoms with Gasteiger partial charge in [0.05, 0.1) is 6.10 Å². The summed E-state index contributed by atoms with van der Waals surface area (Å²) in [6.07, 6.45) is 0.201. The summed E-state index contributed by atoms with van der Waals surface area (Å²) in [5.41, 5.74) is 7.57. The van der Waals surface area contributed by atoms with Gasteiger partial charge in [-0.3, -0.25) is 0 Å². The Labute approximate surface area is 117 Å². The molecule has 1 aromatic rings. The third kappa shape index (κ3) is 4.84. The van der Waals surface area contributed by atoms with E-state index in [4.69, 9.17) is 10.5 Å². The van der Waals surface area contributed by atoms with Gasteiger partial charge in [-0.2, -0.15) is 0 Å². The van der Waals surface area contributed by atoms with Crippen molar-refractivity contribution in [2.24, 2.45) is 17.6 Å². The number of benzene rings is 1. The number of rotatable bonds is 7. The summed E-state index contributed by atoms with van der Waals surface area (Å²) in [7, 11) is 1.97. The maximum absolute atomic E-state index is 6.40. The summed E-state index contributed by atoms with van der Waals surface area (Å²) >= 11 is 0. The molecule has 0 heterocycles. The third-order valence-electron chi connectivity index (χ3n) is 3.39. The lowest BCUT2D eigenvalue weighted by Crippen LogP contribution is -2.33. The zero-order chi connectivity index (χ0) is 14.4. The van der Waals surface area contributed by atoms with Crippen molar-refractivity contribution in [1.82, 2.24) is 5.32 Å². The Balaban J connectivity index is 2.78. The van der Waals surface area contributed by atoms with Crippen molar-refractivity contribution < 1.29 is 4.74 Å². The highest BCUT2D eigenvalue weighted by Gasteiger charge is 2.22. The van der Waals surface area contributed by atoms with Crippen LogP contribution in [-0.4, -0.2) is 19.7 Å². The minimum Gasteiger partial charge on any atom is -0.491 e. The number of hydrogen-bond donors (Lipinski definition) is 2. The molecule has 0 aliphatic heterocycles. The predicted molar refractivity (Wildman–Crippen MR) is 81.4 cm³/mol. The molecule has 3 nitrogen and oxygen atoms in total. The van der Waals surface area contributed by atoms with Crippen LogP contribution in [0.25, 0.3) is 0 Å². The van der Waals surface area contributed by atoms with E-state index in [1.54, 1.807) is 0 Å². The van der Waals surface area contributed by atoms with Crippen LogP contribution in [-0.2, 0) is 0 Å². The van der Waals surface area contributed by atoms with Gasteiger partial charge in [0.15, 0.2) is 0 Å². The first-order chi connectivity index (χ1) is 8.95. The van der Waals surface area contributed by atoms with Gasteiger partial charge in [0.2, 0.25) is 0 Å². The molecular weight excluding hydrogens is 236 g/mol. The Morgan fingerprint density at radius 1 is 1.11 bits per heavy atom. The first-order valence-corrected chi connectivity index (χ1v) is 7.12. The number of nitrogens with two attached hydrogens (primary N) is 1. The topological polar surface area (TPSA) is 47.3 Å². The molecule has 108 valence electrons. The molecule has 0 saturated heterocycles. The van der Waals surface area contributed by atoms with Gasteiger partial charge in [-0.1, -0.05) is 26.0 Å². The monoisotopic (exact) mass is 264 g/mol. The summed E-state index contributed by atoms with van der Waals surface area (Å²) in [6.45, 7) is 9.43. The van der Waals surface area contributed by atoms with E-state index in [2.05, 4.69) is 31.3 Å². The second kappa shape index (κ2) is 7.51. The summed E-state index contributed by atoms with van der Waals surface area (Å²) in [6, 6.07) is 8.22. The SMILES string of the molecule is CNCC(C(C)C)C(N)c1ccc(OC(C)C)cc1. The van der Waals surface area contributed by atoms with Crippen LogP contribution in [0.4, 0.5) is 0 Å². The van der Waals surface area contributed by atoms with Crippen LogP contribution < -0.4 is 15.8 Å². The zero-order valence-corrected chi connectivity index (χ0v) is 12.8. The maximum Gasteiger partial charge on any atom is 0.119 e. The molecule has 0 saturated carbocycles. The summed E-state index contributed by atoms with van der Waals surface area (Å²) < 4.78 is 5.65. The van der Waals surface area contributed by atoms with Crippen molar-refractivity contribution in [2.75, 3.05) is 13.6 Å². The average Bonchev–Trinajstić information content (AvgIpc) is 2.35. The normalized spacial score (nSPS) is 14.7. The molecule has 0 aliphatic carbocycles. The summed E-state index contributed by atoms with van der Waals surface area (Å²) in [5.74, 6) is 1.89. The number of ether oxygens (including phenoxy) is 1. The van der Waals surface area contributed by atoms with Gasteiger partial charge < -0.3 is 15.8 Å². The van der Waals surface area contributed by atoms with E-state index in [9.17, 15) is 0 Å². The molecule has 0 aliphatic rings. The number of hydrogen-bond acceptors (Lipinski definition) is 3. The first-order valence-electron chi connectivity index (χ1n) is 7.12. The standard InChI is InChI=1S/C16H28N2O/c1-11(2)15(10-18-5)16(17)13-6-8-14(9-7-13)19-12(3)4/h6-9,11-12,15-16,18H,10,17H2,1-5H3. The van der Waals surface area contributed by atoms with E-state index in [0.717, 1.165) is 12.3 Å². The largest absolute Gasteiger partial charge is 0.491 e. The molecule has 0 aromatic heterocycles. The van der Waals surface area contributed by atoms with E-state index in [1.807, 2.05) is 33.0 Å². The quantitative estimate of drug-likeness (QED) is 0.796. The minimum absolute atomic E-state index is 0.0561.